The molecule has 0 radical (unpaired) electrons. The van der Waals surface area contributed by atoms with Gasteiger partial charge < -0.3 is 10.6 Å². The molecule has 1 aliphatic rings. The summed E-state index contributed by atoms with van der Waals surface area (Å²) in [6.07, 6.45) is 0.915. The van der Waals surface area contributed by atoms with Crippen molar-refractivity contribution in [2.75, 3.05) is 5.32 Å². The molecule has 0 spiro atoms. The maximum absolute atomic E-state index is 13.4. The first kappa shape index (κ1) is 28.1. The van der Waals surface area contributed by atoms with E-state index in [1.54, 1.807) is 30.3 Å². The van der Waals surface area contributed by atoms with Crippen molar-refractivity contribution in [2.24, 2.45) is 5.92 Å². The molecule has 2 amide bonds. The zero-order valence-electron chi connectivity index (χ0n) is 21.9. The maximum Gasteiger partial charge on any atom is 0.283 e. The number of fused-ring (bicyclic) bond motifs is 1. The van der Waals surface area contributed by atoms with Crippen LogP contribution in [0.15, 0.2) is 65.8 Å². The lowest BCUT2D eigenvalue weighted by atomic mass is 9.99. The number of benzene rings is 2. The van der Waals surface area contributed by atoms with Crippen LogP contribution in [-0.2, 0) is 16.1 Å². The van der Waals surface area contributed by atoms with Gasteiger partial charge in [-0.15, -0.1) is 5.10 Å². The third kappa shape index (κ3) is 6.17. The molecule has 0 fully saturated rings. The summed E-state index contributed by atoms with van der Waals surface area (Å²) in [5, 5.41) is 13.4. The number of carbonyl (C=O) groups is 2. The van der Waals surface area contributed by atoms with Gasteiger partial charge in [-0.2, -0.15) is 0 Å². The maximum atomic E-state index is 13.4. The molecule has 10 nitrogen and oxygen atoms in total. The average molecular weight is 582 g/mol. The van der Waals surface area contributed by atoms with E-state index < -0.39 is 23.7 Å². The average Bonchev–Trinajstić information content (AvgIpc) is 3.45. The van der Waals surface area contributed by atoms with Gasteiger partial charge in [0.15, 0.2) is 0 Å². The van der Waals surface area contributed by atoms with E-state index in [0.717, 1.165) is 16.4 Å². The van der Waals surface area contributed by atoms with Crippen LogP contribution in [0.25, 0.3) is 16.9 Å². The highest BCUT2D eigenvalue weighted by atomic mass is 35.5. The Morgan fingerprint density at radius 1 is 1.05 bits per heavy atom. The van der Waals surface area contributed by atoms with E-state index in [-0.39, 0.29) is 30.0 Å². The molecule has 2 aromatic heterocycles. The van der Waals surface area contributed by atoms with E-state index in [4.69, 9.17) is 11.6 Å². The van der Waals surface area contributed by atoms with Crippen molar-refractivity contribution in [3.63, 3.8) is 0 Å². The van der Waals surface area contributed by atoms with Crippen LogP contribution in [0.3, 0.4) is 0 Å². The topological polar surface area (TPSA) is 124 Å². The van der Waals surface area contributed by atoms with Crippen LogP contribution < -0.4 is 16.2 Å². The van der Waals surface area contributed by atoms with E-state index in [1.165, 1.54) is 17.0 Å². The molecule has 2 atom stereocenters. The van der Waals surface area contributed by atoms with Crippen LogP contribution >= 0.6 is 11.6 Å². The first-order chi connectivity index (χ1) is 19.7. The van der Waals surface area contributed by atoms with Crippen LogP contribution in [0.1, 0.15) is 49.9 Å². The number of halogens is 3. The van der Waals surface area contributed by atoms with Gasteiger partial charge in [-0.1, -0.05) is 48.4 Å². The van der Waals surface area contributed by atoms with Crippen LogP contribution in [-0.4, -0.2) is 36.4 Å². The molecule has 1 aliphatic heterocycles. The van der Waals surface area contributed by atoms with E-state index >= 15 is 0 Å². The summed E-state index contributed by atoms with van der Waals surface area (Å²) in [7, 11) is 0. The quantitative estimate of drug-likeness (QED) is 0.360. The number of carbonyl (C=O) groups excluding carboxylic acids is 2. The molecule has 13 heteroatoms. The second kappa shape index (κ2) is 12.0. The van der Waals surface area contributed by atoms with Crippen molar-refractivity contribution in [3.05, 3.63) is 87.7 Å². The standard InChI is InChI=1S/C28H26ClF2N7O3/c1-16-5-4-8-24(28(41)32-13-17-6-2-3-7-20(17)34-27(16)40)37-15-33-21(12-25(37)39)19-11-18(29)9-10-23(19)38-14-22(26(30)31)35-36-38/h2-3,6-7,9-12,14-16,24,26H,4-5,8,13H2,1H3,(H,32,41)(H,34,40)/t16-,24+/m1/s1. The molecule has 3 heterocycles. The molecule has 4 aromatic rings. The van der Waals surface area contributed by atoms with Crippen LogP contribution in [0, 0.1) is 5.92 Å². The van der Waals surface area contributed by atoms with Crippen molar-refractivity contribution in [1.29, 1.82) is 0 Å². The van der Waals surface area contributed by atoms with E-state index in [9.17, 15) is 23.2 Å². The predicted molar refractivity (Wildman–Crippen MR) is 148 cm³/mol. The molecule has 0 unspecified atom stereocenters. The molecular weight excluding hydrogens is 556 g/mol. The molecular formula is C28H26ClF2N7O3. The molecule has 41 heavy (non-hydrogen) atoms. The first-order valence-corrected chi connectivity index (χ1v) is 13.3. The van der Waals surface area contributed by atoms with Crippen LogP contribution in [0.4, 0.5) is 14.5 Å². The number of anilines is 1. The number of hydrogen-bond acceptors (Lipinski definition) is 6. The fraction of sp³-hybridized carbons (Fsp3) is 0.286. The van der Waals surface area contributed by atoms with Crippen molar-refractivity contribution in [3.8, 4) is 16.9 Å². The van der Waals surface area contributed by atoms with Gasteiger partial charge in [0.25, 0.3) is 12.0 Å². The minimum absolute atomic E-state index is 0.116. The number of rotatable bonds is 4. The predicted octanol–water partition coefficient (Wildman–Crippen LogP) is 4.70. The molecule has 2 aromatic carbocycles. The Morgan fingerprint density at radius 2 is 1.85 bits per heavy atom. The number of nitrogens with one attached hydrogen (secondary N) is 2. The molecule has 0 aliphatic carbocycles. The molecule has 2 N–H and O–H groups in total. The zero-order valence-corrected chi connectivity index (χ0v) is 22.7. The highest BCUT2D eigenvalue weighted by molar-refractivity contribution is 6.31. The molecule has 0 saturated carbocycles. The van der Waals surface area contributed by atoms with Crippen molar-refractivity contribution in [2.45, 2.75) is 45.2 Å². The van der Waals surface area contributed by atoms with E-state index in [0.29, 0.717) is 41.2 Å². The van der Waals surface area contributed by atoms with Gasteiger partial charge in [0.05, 0.1) is 23.9 Å². The lowest BCUT2D eigenvalue weighted by Gasteiger charge is -2.22. The zero-order chi connectivity index (χ0) is 29.1. The molecule has 212 valence electrons. The summed E-state index contributed by atoms with van der Waals surface area (Å²) < 4.78 is 28.6. The highest BCUT2D eigenvalue weighted by Gasteiger charge is 2.25. The summed E-state index contributed by atoms with van der Waals surface area (Å²) in [6.45, 7) is 1.98. The third-order valence-electron chi connectivity index (χ3n) is 6.98. The van der Waals surface area contributed by atoms with Gasteiger partial charge in [-0.05, 0) is 42.7 Å². The number of aromatic nitrogens is 5. The summed E-state index contributed by atoms with van der Waals surface area (Å²) in [4.78, 5) is 43.9. The molecule has 0 bridgehead atoms. The number of nitrogens with zero attached hydrogens (tertiary/aromatic N) is 5. The first-order valence-electron chi connectivity index (χ1n) is 13.0. The van der Waals surface area contributed by atoms with Gasteiger partial charge >= 0.3 is 0 Å². The lowest BCUT2D eigenvalue weighted by molar-refractivity contribution is -0.124. The number of hydrogen-bond donors (Lipinski definition) is 2. The van der Waals surface area contributed by atoms with Gasteiger partial charge in [0, 0.05) is 34.8 Å². The van der Waals surface area contributed by atoms with Gasteiger partial charge in [0.2, 0.25) is 11.8 Å². The smallest absolute Gasteiger partial charge is 0.283 e. The number of alkyl halides is 2. The SMILES string of the molecule is C[C@@H]1CCC[C@H](n2cnc(-c3cc(Cl)ccc3-n3cc(C(F)F)nn3)cc2=O)C(=O)NCc2ccccc2NC1=O. The summed E-state index contributed by atoms with van der Waals surface area (Å²) in [5.41, 5.74) is 1.28. The molecule has 5 rings (SSSR count). The Morgan fingerprint density at radius 3 is 2.61 bits per heavy atom. The largest absolute Gasteiger partial charge is 0.350 e. The van der Waals surface area contributed by atoms with E-state index in [1.807, 2.05) is 19.1 Å². The van der Waals surface area contributed by atoms with Gasteiger partial charge in [-0.25, -0.2) is 18.4 Å². The lowest BCUT2D eigenvalue weighted by Crippen LogP contribution is -2.37. The van der Waals surface area contributed by atoms with Crippen molar-refractivity contribution >= 4 is 29.1 Å². The Balaban J connectivity index is 1.47. The number of para-hydroxylation sites is 1. The minimum atomic E-state index is -2.80. The summed E-state index contributed by atoms with van der Waals surface area (Å²) >= 11 is 6.21. The van der Waals surface area contributed by atoms with Crippen molar-refractivity contribution in [1.82, 2.24) is 29.9 Å². The Labute approximate surface area is 238 Å². The Kier molecular flexibility index (Phi) is 8.20. The fourth-order valence-electron chi connectivity index (χ4n) is 4.70. The van der Waals surface area contributed by atoms with Gasteiger partial charge in [0.1, 0.15) is 11.7 Å². The molecule has 0 saturated heterocycles. The highest BCUT2D eigenvalue weighted by Crippen LogP contribution is 2.29. The summed E-state index contributed by atoms with van der Waals surface area (Å²) in [5.74, 6) is -0.775. The fourth-order valence-corrected chi connectivity index (χ4v) is 4.87. The summed E-state index contributed by atoms with van der Waals surface area (Å²) in [6, 6.07) is 12.3. The van der Waals surface area contributed by atoms with Gasteiger partial charge in [-0.3, -0.25) is 19.0 Å². The third-order valence-corrected chi connectivity index (χ3v) is 7.22. The minimum Gasteiger partial charge on any atom is -0.350 e. The Hall–Kier alpha value is -4.45. The van der Waals surface area contributed by atoms with Crippen LogP contribution in [0.5, 0.6) is 0 Å². The Bertz CT molecular complexity index is 1660. The van der Waals surface area contributed by atoms with Crippen LogP contribution in [0.2, 0.25) is 5.02 Å². The number of amides is 2. The second-order valence-corrected chi connectivity index (χ2v) is 10.2. The normalized spacial score (nSPS) is 18.2. The monoisotopic (exact) mass is 581 g/mol. The second-order valence-electron chi connectivity index (χ2n) is 9.78. The van der Waals surface area contributed by atoms with Crippen molar-refractivity contribution < 1.29 is 18.4 Å². The van der Waals surface area contributed by atoms with E-state index in [2.05, 4.69) is 25.9 Å².